The zero-order valence-electron chi connectivity index (χ0n) is 14.6. The number of carbonyl (C=O) groups is 1. The van der Waals surface area contributed by atoms with E-state index < -0.39 is 5.97 Å². The molecule has 0 aliphatic carbocycles. The van der Waals surface area contributed by atoms with E-state index in [1.165, 1.54) is 6.08 Å². The normalized spacial score (nSPS) is 11.2. The molecule has 4 rings (SSSR count). The molecule has 138 valence electrons. The molecular formula is C21H14ClN3O3. The van der Waals surface area contributed by atoms with Gasteiger partial charge in [0, 0.05) is 33.8 Å². The molecular weight excluding hydrogens is 378 g/mol. The van der Waals surface area contributed by atoms with E-state index in [2.05, 4.69) is 15.1 Å². The third-order valence-electron chi connectivity index (χ3n) is 3.95. The number of nitrogens with zero attached hydrogens (tertiary/aromatic N) is 3. The summed E-state index contributed by atoms with van der Waals surface area (Å²) in [7, 11) is 0. The molecule has 0 atom stereocenters. The van der Waals surface area contributed by atoms with Crippen LogP contribution in [0.1, 0.15) is 11.5 Å². The summed E-state index contributed by atoms with van der Waals surface area (Å²) < 4.78 is 10.3. The Morgan fingerprint density at radius 2 is 2.00 bits per heavy atom. The molecule has 7 heteroatoms. The highest BCUT2D eigenvalue weighted by atomic mass is 35.5. The highest BCUT2D eigenvalue weighted by Gasteiger charge is 2.10. The van der Waals surface area contributed by atoms with Crippen molar-refractivity contribution in [3.05, 3.63) is 83.3 Å². The molecule has 4 aromatic rings. The average Bonchev–Trinajstić information content (AvgIpc) is 3.20. The van der Waals surface area contributed by atoms with Crippen molar-refractivity contribution in [2.45, 2.75) is 6.61 Å². The molecule has 0 saturated heterocycles. The van der Waals surface area contributed by atoms with Crippen LogP contribution in [-0.2, 0) is 16.1 Å². The lowest BCUT2D eigenvalue weighted by Gasteiger charge is -2.00. The van der Waals surface area contributed by atoms with E-state index in [1.807, 2.05) is 36.4 Å². The number of carbonyl (C=O) groups excluding carboxylic acids is 1. The quantitative estimate of drug-likeness (QED) is 0.362. The van der Waals surface area contributed by atoms with Crippen LogP contribution in [0.4, 0.5) is 0 Å². The number of ether oxygens (including phenoxy) is 1. The van der Waals surface area contributed by atoms with Crippen molar-refractivity contribution in [2.24, 2.45) is 0 Å². The number of esters is 1. The van der Waals surface area contributed by atoms with Crippen LogP contribution in [0, 0.1) is 0 Å². The summed E-state index contributed by atoms with van der Waals surface area (Å²) in [5, 5.41) is 5.44. The predicted molar refractivity (Wildman–Crippen MR) is 105 cm³/mol. The van der Waals surface area contributed by atoms with Crippen LogP contribution < -0.4 is 0 Å². The topological polar surface area (TPSA) is 78.1 Å². The number of benzene rings is 2. The van der Waals surface area contributed by atoms with Crippen molar-refractivity contribution in [3.8, 4) is 11.4 Å². The first-order valence-corrected chi connectivity index (χ1v) is 8.84. The summed E-state index contributed by atoms with van der Waals surface area (Å²) in [4.78, 5) is 20.6. The highest BCUT2D eigenvalue weighted by Crippen LogP contribution is 2.20. The maximum absolute atomic E-state index is 12.0. The Morgan fingerprint density at radius 3 is 2.89 bits per heavy atom. The van der Waals surface area contributed by atoms with Gasteiger partial charge in [-0.15, -0.1) is 0 Å². The lowest BCUT2D eigenvalue weighted by Crippen LogP contribution is -2.01. The number of halogens is 1. The molecule has 0 unspecified atom stereocenters. The van der Waals surface area contributed by atoms with Gasteiger partial charge in [-0.05, 0) is 24.3 Å². The van der Waals surface area contributed by atoms with Gasteiger partial charge in [0.15, 0.2) is 6.61 Å². The lowest BCUT2D eigenvalue weighted by molar-refractivity contribution is -0.139. The van der Waals surface area contributed by atoms with E-state index in [0.29, 0.717) is 10.8 Å². The SMILES string of the molecule is O=C(/C=C/c1cccc2cccnc12)OCc1nc(-c2cccc(Cl)c2)no1. The summed E-state index contributed by atoms with van der Waals surface area (Å²) in [6.07, 6.45) is 4.73. The van der Waals surface area contributed by atoms with Gasteiger partial charge in [-0.2, -0.15) is 4.98 Å². The van der Waals surface area contributed by atoms with Crippen molar-refractivity contribution in [1.82, 2.24) is 15.1 Å². The van der Waals surface area contributed by atoms with E-state index in [1.54, 1.807) is 30.5 Å². The van der Waals surface area contributed by atoms with E-state index >= 15 is 0 Å². The van der Waals surface area contributed by atoms with Gasteiger partial charge >= 0.3 is 5.97 Å². The van der Waals surface area contributed by atoms with Crippen molar-refractivity contribution in [1.29, 1.82) is 0 Å². The molecule has 0 bridgehead atoms. The number of para-hydroxylation sites is 1. The Bertz CT molecular complexity index is 1170. The average molecular weight is 392 g/mol. The monoisotopic (exact) mass is 391 g/mol. The fourth-order valence-corrected chi connectivity index (χ4v) is 2.85. The standard InChI is InChI=1S/C21H14ClN3O3/c22-17-8-2-6-16(12-17)21-24-18(28-25-21)13-27-19(26)10-9-15-5-1-4-14-7-3-11-23-20(14)15/h1-12H,13H2/b10-9+. The maximum Gasteiger partial charge on any atom is 0.331 e. The largest absolute Gasteiger partial charge is 0.452 e. The Labute approximate surface area is 165 Å². The molecule has 0 aliphatic heterocycles. The summed E-state index contributed by atoms with van der Waals surface area (Å²) in [5.74, 6) is 0.0601. The molecule has 2 aromatic carbocycles. The van der Waals surface area contributed by atoms with E-state index in [-0.39, 0.29) is 12.5 Å². The van der Waals surface area contributed by atoms with Crippen LogP contribution in [0.5, 0.6) is 0 Å². The molecule has 0 radical (unpaired) electrons. The number of aromatic nitrogens is 3. The van der Waals surface area contributed by atoms with Gasteiger partial charge in [0.05, 0.1) is 5.52 Å². The highest BCUT2D eigenvalue weighted by molar-refractivity contribution is 6.30. The molecule has 0 N–H and O–H groups in total. The van der Waals surface area contributed by atoms with Crippen molar-refractivity contribution in [3.63, 3.8) is 0 Å². The first-order valence-electron chi connectivity index (χ1n) is 8.46. The zero-order valence-corrected chi connectivity index (χ0v) is 15.3. The minimum atomic E-state index is -0.518. The molecule has 2 heterocycles. The molecule has 28 heavy (non-hydrogen) atoms. The van der Waals surface area contributed by atoms with Crippen LogP contribution in [0.15, 0.2) is 71.4 Å². The summed E-state index contributed by atoms with van der Waals surface area (Å²) in [6.45, 7) is -0.121. The van der Waals surface area contributed by atoms with E-state index in [4.69, 9.17) is 20.9 Å². The van der Waals surface area contributed by atoms with Crippen LogP contribution in [0.3, 0.4) is 0 Å². The van der Waals surface area contributed by atoms with Crippen molar-refractivity contribution >= 4 is 34.5 Å². The van der Waals surface area contributed by atoms with Gasteiger partial charge in [-0.3, -0.25) is 4.98 Å². The Hall–Kier alpha value is -3.51. The fraction of sp³-hybridized carbons (Fsp3) is 0.0476. The smallest absolute Gasteiger partial charge is 0.331 e. The number of fused-ring (bicyclic) bond motifs is 1. The molecule has 6 nitrogen and oxygen atoms in total. The first-order chi connectivity index (χ1) is 13.7. The second-order valence-electron chi connectivity index (χ2n) is 5.89. The van der Waals surface area contributed by atoms with Gasteiger partial charge < -0.3 is 9.26 Å². The maximum atomic E-state index is 12.0. The third-order valence-corrected chi connectivity index (χ3v) is 4.19. The number of pyridine rings is 1. The number of hydrogen-bond donors (Lipinski definition) is 0. The van der Waals surface area contributed by atoms with Crippen molar-refractivity contribution in [2.75, 3.05) is 0 Å². The second kappa shape index (κ2) is 8.02. The van der Waals surface area contributed by atoms with E-state index in [9.17, 15) is 4.79 Å². The molecule has 0 aliphatic rings. The van der Waals surface area contributed by atoms with Gasteiger partial charge in [-0.1, -0.05) is 53.2 Å². The molecule has 0 fully saturated rings. The summed E-state index contributed by atoms with van der Waals surface area (Å²) >= 11 is 5.96. The van der Waals surface area contributed by atoms with Crippen LogP contribution in [-0.4, -0.2) is 21.1 Å². The van der Waals surface area contributed by atoms with Gasteiger partial charge in [-0.25, -0.2) is 4.79 Å². The lowest BCUT2D eigenvalue weighted by atomic mass is 10.1. The molecule has 2 aromatic heterocycles. The Kier molecular flexibility index (Phi) is 5.12. The Balaban J connectivity index is 1.40. The number of hydrogen-bond acceptors (Lipinski definition) is 6. The molecule has 0 spiro atoms. The minimum absolute atomic E-state index is 0.121. The van der Waals surface area contributed by atoms with Gasteiger partial charge in [0.1, 0.15) is 0 Å². The van der Waals surface area contributed by atoms with Crippen LogP contribution in [0.25, 0.3) is 28.4 Å². The summed E-state index contributed by atoms with van der Waals surface area (Å²) in [6, 6.07) is 16.7. The molecule has 0 saturated carbocycles. The first kappa shape index (κ1) is 17.9. The number of rotatable bonds is 5. The summed E-state index contributed by atoms with van der Waals surface area (Å²) in [5.41, 5.74) is 2.37. The predicted octanol–water partition coefficient (Wildman–Crippen LogP) is 4.69. The third kappa shape index (κ3) is 4.07. The van der Waals surface area contributed by atoms with Crippen molar-refractivity contribution < 1.29 is 14.1 Å². The fourth-order valence-electron chi connectivity index (χ4n) is 2.66. The zero-order chi connectivity index (χ0) is 19.3. The van der Waals surface area contributed by atoms with Gasteiger partial charge in [0.25, 0.3) is 5.89 Å². The molecule has 0 amide bonds. The minimum Gasteiger partial charge on any atom is -0.452 e. The Morgan fingerprint density at radius 1 is 1.14 bits per heavy atom. The second-order valence-corrected chi connectivity index (χ2v) is 6.32. The van der Waals surface area contributed by atoms with Crippen LogP contribution >= 0.6 is 11.6 Å². The van der Waals surface area contributed by atoms with Gasteiger partial charge in [0.2, 0.25) is 5.82 Å². The van der Waals surface area contributed by atoms with Crippen LogP contribution in [0.2, 0.25) is 5.02 Å². The van der Waals surface area contributed by atoms with E-state index in [0.717, 1.165) is 22.0 Å².